The van der Waals surface area contributed by atoms with E-state index in [1.165, 1.54) is 18.3 Å². The highest BCUT2D eigenvalue weighted by atomic mass is 79.9. The molecule has 0 aliphatic carbocycles. The molecule has 0 saturated carbocycles. The number of anilines is 1. The highest BCUT2D eigenvalue weighted by molar-refractivity contribution is 9.10. The third kappa shape index (κ3) is 3.31. The summed E-state index contributed by atoms with van der Waals surface area (Å²) in [5.74, 6) is -0.645. The first kappa shape index (κ1) is 14.4. The predicted molar refractivity (Wildman–Crippen MR) is 76.8 cm³/mol. The van der Waals surface area contributed by atoms with Crippen LogP contribution >= 0.6 is 31.9 Å². The van der Waals surface area contributed by atoms with Crippen LogP contribution in [0, 0.1) is 5.82 Å². The summed E-state index contributed by atoms with van der Waals surface area (Å²) in [7, 11) is -3.86. The van der Waals surface area contributed by atoms with Crippen molar-refractivity contribution in [3.8, 4) is 0 Å². The van der Waals surface area contributed by atoms with Crippen LogP contribution in [-0.4, -0.2) is 13.4 Å². The van der Waals surface area contributed by atoms with Crippen LogP contribution < -0.4 is 4.72 Å². The molecule has 0 fully saturated rings. The van der Waals surface area contributed by atoms with E-state index in [1.807, 2.05) is 0 Å². The number of sulfonamides is 1. The summed E-state index contributed by atoms with van der Waals surface area (Å²) < 4.78 is 40.4. The third-order valence-electron chi connectivity index (χ3n) is 2.20. The van der Waals surface area contributed by atoms with Crippen molar-refractivity contribution in [3.63, 3.8) is 0 Å². The fourth-order valence-corrected chi connectivity index (χ4v) is 3.12. The number of aromatic nitrogens is 1. The van der Waals surface area contributed by atoms with E-state index in [-0.39, 0.29) is 15.1 Å². The van der Waals surface area contributed by atoms with Gasteiger partial charge < -0.3 is 0 Å². The van der Waals surface area contributed by atoms with Crippen LogP contribution in [-0.2, 0) is 10.0 Å². The Balaban J connectivity index is 2.38. The molecule has 1 heterocycles. The van der Waals surface area contributed by atoms with E-state index in [0.29, 0.717) is 4.60 Å². The van der Waals surface area contributed by atoms with E-state index in [9.17, 15) is 12.8 Å². The minimum absolute atomic E-state index is 0.163. The fraction of sp³-hybridized carbons (Fsp3) is 0. The lowest BCUT2D eigenvalue weighted by molar-refractivity contribution is 0.593. The summed E-state index contributed by atoms with van der Waals surface area (Å²) in [6, 6.07) is 6.72. The minimum Gasteiger partial charge on any atom is -0.277 e. The van der Waals surface area contributed by atoms with Gasteiger partial charge in [0.2, 0.25) is 0 Å². The average molecular weight is 410 g/mol. The molecule has 0 atom stereocenters. The number of hydrogen-bond donors (Lipinski definition) is 1. The molecule has 100 valence electrons. The molecule has 2 aromatic rings. The van der Waals surface area contributed by atoms with Crippen LogP contribution in [0.2, 0.25) is 0 Å². The van der Waals surface area contributed by atoms with Gasteiger partial charge in [-0.25, -0.2) is 17.8 Å². The molecular formula is C11H7Br2FN2O2S. The van der Waals surface area contributed by atoms with E-state index in [4.69, 9.17) is 0 Å². The summed E-state index contributed by atoms with van der Waals surface area (Å²) in [4.78, 5) is 3.73. The molecule has 2 rings (SSSR count). The molecule has 1 N–H and O–H groups in total. The van der Waals surface area contributed by atoms with Gasteiger partial charge in [0, 0.05) is 6.20 Å². The van der Waals surface area contributed by atoms with Crippen molar-refractivity contribution in [1.82, 2.24) is 4.98 Å². The van der Waals surface area contributed by atoms with E-state index in [1.54, 1.807) is 12.1 Å². The smallest absolute Gasteiger partial charge is 0.262 e. The van der Waals surface area contributed by atoms with Crippen molar-refractivity contribution in [2.24, 2.45) is 0 Å². The molecule has 1 aromatic carbocycles. The van der Waals surface area contributed by atoms with Crippen LogP contribution in [0.4, 0.5) is 10.1 Å². The van der Waals surface area contributed by atoms with Gasteiger partial charge in [0.1, 0.15) is 10.4 Å². The Morgan fingerprint density at radius 2 is 1.95 bits per heavy atom. The molecule has 0 spiro atoms. The molecule has 0 unspecified atom stereocenters. The van der Waals surface area contributed by atoms with E-state index >= 15 is 0 Å². The van der Waals surface area contributed by atoms with Gasteiger partial charge in [-0.3, -0.25) is 4.72 Å². The second-order valence-electron chi connectivity index (χ2n) is 3.52. The number of nitrogens with one attached hydrogen (secondary N) is 1. The number of pyridine rings is 1. The molecule has 1 aromatic heterocycles. The topological polar surface area (TPSA) is 59.1 Å². The van der Waals surface area contributed by atoms with E-state index in [2.05, 4.69) is 41.6 Å². The first-order valence-corrected chi connectivity index (χ1v) is 8.05. The zero-order chi connectivity index (χ0) is 14.0. The van der Waals surface area contributed by atoms with Crippen LogP contribution in [0.25, 0.3) is 0 Å². The summed E-state index contributed by atoms with van der Waals surface area (Å²) in [6.07, 6.45) is 1.52. The first-order valence-electron chi connectivity index (χ1n) is 4.98. The number of hydrogen-bond acceptors (Lipinski definition) is 3. The lowest BCUT2D eigenvalue weighted by atomic mass is 10.3. The summed E-state index contributed by atoms with van der Waals surface area (Å²) in [6.45, 7) is 0. The zero-order valence-corrected chi connectivity index (χ0v) is 13.3. The third-order valence-corrected chi connectivity index (χ3v) is 4.84. The Morgan fingerprint density at radius 1 is 1.21 bits per heavy atom. The van der Waals surface area contributed by atoms with Gasteiger partial charge in [-0.15, -0.1) is 0 Å². The molecule has 0 radical (unpaired) electrons. The maximum absolute atomic E-state index is 13.4. The highest BCUT2D eigenvalue weighted by Crippen LogP contribution is 2.24. The van der Waals surface area contributed by atoms with Gasteiger partial charge in [0.15, 0.2) is 0 Å². The van der Waals surface area contributed by atoms with Crippen molar-refractivity contribution in [3.05, 3.63) is 51.4 Å². The van der Waals surface area contributed by atoms with E-state index < -0.39 is 15.8 Å². The summed E-state index contributed by atoms with van der Waals surface area (Å²) >= 11 is 6.09. The standard InChI is InChI=1S/C11H7Br2FN2O2S/c12-8-4-3-7(6-9(8)14)19(17,18)16-10-2-1-5-15-11(10)13/h1-6,16H. The molecule has 4 nitrogen and oxygen atoms in total. The molecule has 19 heavy (non-hydrogen) atoms. The van der Waals surface area contributed by atoms with Gasteiger partial charge in [-0.1, -0.05) is 0 Å². The van der Waals surface area contributed by atoms with Crippen molar-refractivity contribution < 1.29 is 12.8 Å². The molecule has 0 aliphatic heterocycles. The quantitative estimate of drug-likeness (QED) is 0.788. The molecule has 0 aliphatic rings. The molecular weight excluding hydrogens is 403 g/mol. The van der Waals surface area contributed by atoms with Gasteiger partial charge in [0.05, 0.1) is 15.1 Å². The van der Waals surface area contributed by atoms with Crippen LogP contribution in [0.5, 0.6) is 0 Å². The largest absolute Gasteiger partial charge is 0.277 e. The van der Waals surface area contributed by atoms with Gasteiger partial charge in [-0.2, -0.15) is 0 Å². The van der Waals surface area contributed by atoms with Crippen molar-refractivity contribution in [2.75, 3.05) is 4.72 Å². The number of benzene rings is 1. The minimum atomic E-state index is -3.86. The number of nitrogens with zero attached hydrogens (tertiary/aromatic N) is 1. The summed E-state index contributed by atoms with van der Waals surface area (Å²) in [5.41, 5.74) is 0.283. The maximum atomic E-state index is 13.4. The van der Waals surface area contributed by atoms with Gasteiger partial charge in [-0.05, 0) is 62.2 Å². The summed E-state index contributed by atoms with van der Waals surface area (Å²) in [5, 5.41) is 0. The van der Waals surface area contributed by atoms with Gasteiger partial charge in [0.25, 0.3) is 10.0 Å². The van der Waals surface area contributed by atoms with Crippen LogP contribution in [0.1, 0.15) is 0 Å². The molecule has 0 saturated heterocycles. The van der Waals surface area contributed by atoms with Gasteiger partial charge >= 0.3 is 0 Å². The predicted octanol–water partition coefficient (Wildman–Crippen LogP) is 3.55. The Kier molecular flexibility index (Phi) is 4.22. The lowest BCUT2D eigenvalue weighted by Gasteiger charge is -2.09. The van der Waals surface area contributed by atoms with Crippen LogP contribution in [0.15, 0.2) is 50.5 Å². The average Bonchev–Trinajstić information content (AvgIpc) is 2.35. The first-order chi connectivity index (χ1) is 8.90. The number of rotatable bonds is 3. The maximum Gasteiger partial charge on any atom is 0.262 e. The SMILES string of the molecule is O=S(=O)(Nc1cccnc1Br)c1ccc(Br)c(F)c1. The molecule has 0 bridgehead atoms. The Labute approximate surface area is 126 Å². The molecule has 0 amide bonds. The Hall–Kier alpha value is -0.990. The lowest BCUT2D eigenvalue weighted by Crippen LogP contribution is -2.13. The number of halogens is 3. The highest BCUT2D eigenvalue weighted by Gasteiger charge is 2.17. The van der Waals surface area contributed by atoms with Crippen molar-refractivity contribution in [1.29, 1.82) is 0 Å². The monoisotopic (exact) mass is 408 g/mol. The second kappa shape index (κ2) is 5.56. The van der Waals surface area contributed by atoms with Crippen molar-refractivity contribution in [2.45, 2.75) is 4.90 Å². The Bertz CT molecular complexity index is 722. The Morgan fingerprint density at radius 3 is 2.58 bits per heavy atom. The second-order valence-corrected chi connectivity index (χ2v) is 6.81. The van der Waals surface area contributed by atoms with Crippen LogP contribution in [0.3, 0.4) is 0 Å². The normalized spacial score (nSPS) is 11.3. The van der Waals surface area contributed by atoms with Crippen molar-refractivity contribution >= 4 is 47.6 Å². The van der Waals surface area contributed by atoms with E-state index in [0.717, 1.165) is 6.07 Å². The fourth-order valence-electron chi connectivity index (χ4n) is 1.31. The molecule has 8 heteroatoms. The zero-order valence-electron chi connectivity index (χ0n) is 9.27.